The third-order valence-electron chi connectivity index (χ3n) is 8.51. The van der Waals surface area contributed by atoms with E-state index in [4.69, 9.17) is 9.47 Å². The Balaban J connectivity index is 1.09. The number of likely N-dealkylation sites (tertiary alicyclic amines) is 2. The van der Waals surface area contributed by atoms with Crippen LogP contribution in [-0.2, 0) is 16.0 Å². The lowest BCUT2D eigenvalue weighted by molar-refractivity contribution is 0.0497. The predicted octanol–water partition coefficient (Wildman–Crippen LogP) is 3.56. The number of fused-ring (bicyclic) bond motifs is 1. The highest BCUT2D eigenvalue weighted by Gasteiger charge is 2.43. The van der Waals surface area contributed by atoms with Crippen molar-refractivity contribution in [1.82, 2.24) is 9.80 Å². The lowest BCUT2D eigenvalue weighted by Crippen LogP contribution is -2.36. The van der Waals surface area contributed by atoms with Crippen molar-refractivity contribution in [2.45, 2.75) is 31.6 Å². The number of halogens is 1. The maximum Gasteiger partial charge on any atom is 0.256 e. The summed E-state index contributed by atoms with van der Waals surface area (Å²) in [5, 5.41) is 0. The van der Waals surface area contributed by atoms with Crippen LogP contribution in [-0.4, -0.2) is 76.4 Å². The molecule has 1 saturated carbocycles. The quantitative estimate of drug-likeness (QED) is 0.486. The van der Waals surface area contributed by atoms with Crippen molar-refractivity contribution in [1.29, 1.82) is 0 Å². The Kier molecular flexibility index (Phi) is 7.78. The van der Waals surface area contributed by atoms with Crippen LogP contribution in [0.2, 0.25) is 0 Å². The van der Waals surface area contributed by atoms with Crippen LogP contribution in [0.25, 0.3) is 0 Å². The summed E-state index contributed by atoms with van der Waals surface area (Å²) in [6, 6.07) is 9.61. The summed E-state index contributed by atoms with van der Waals surface area (Å²) in [5.41, 5.74) is 1.76. The molecule has 4 fully saturated rings. The van der Waals surface area contributed by atoms with Crippen LogP contribution in [0.5, 0.6) is 5.75 Å². The molecule has 3 saturated heterocycles. The molecule has 9 nitrogen and oxygen atoms in total. The van der Waals surface area contributed by atoms with E-state index in [1.54, 1.807) is 4.90 Å². The number of amides is 2. The SMILES string of the molecule is O=C(c1cc(OCC2CCOCC2)cc(C2CC2)c1)N1CC2CN(C(=O)c3ccc(NS(=O)[O-])cc3F)C[C@H]2C1. The number of hydrogen-bond donors (Lipinski definition) is 1. The molecule has 3 atom stereocenters. The summed E-state index contributed by atoms with van der Waals surface area (Å²) in [5.74, 6) is 0.723. The second kappa shape index (κ2) is 11.5. The Bertz CT molecular complexity index is 1300. The van der Waals surface area contributed by atoms with Gasteiger partial charge in [0.2, 0.25) is 0 Å². The Morgan fingerprint density at radius 1 is 0.975 bits per heavy atom. The maximum atomic E-state index is 14.6. The van der Waals surface area contributed by atoms with E-state index < -0.39 is 23.0 Å². The molecule has 4 aliphatic rings. The standard InChI is InChI=1S/C29H34FN3O6S/c30-27-12-24(31-40(36)37)3-4-26(27)29(35)33-15-22-13-32(14-23(22)16-33)28(34)21-9-20(19-1-2-19)10-25(11-21)39-17-18-5-7-38-8-6-18/h3-4,9-12,18-19,22-23,31H,1-2,5-8,13-17H2,(H,36,37)/p-1/t22-,23?/m1/s1. The molecule has 1 N–H and O–H groups in total. The number of rotatable bonds is 8. The minimum atomic E-state index is -2.58. The third kappa shape index (κ3) is 6.01. The first-order valence-corrected chi connectivity index (χ1v) is 15.0. The molecule has 1 aliphatic carbocycles. The molecule has 0 bridgehead atoms. The zero-order valence-corrected chi connectivity index (χ0v) is 23.0. The monoisotopic (exact) mass is 570 g/mol. The van der Waals surface area contributed by atoms with Gasteiger partial charge in [0.25, 0.3) is 11.8 Å². The van der Waals surface area contributed by atoms with Gasteiger partial charge in [-0.2, -0.15) is 0 Å². The molecule has 2 aromatic carbocycles. The molecule has 6 rings (SSSR count). The fourth-order valence-corrected chi connectivity index (χ4v) is 6.45. The summed E-state index contributed by atoms with van der Waals surface area (Å²) in [6.45, 7) is 4.13. The van der Waals surface area contributed by atoms with Crippen LogP contribution in [0.4, 0.5) is 10.1 Å². The number of carbonyl (C=O) groups is 2. The number of carbonyl (C=O) groups excluding carboxylic acids is 2. The molecular weight excluding hydrogens is 537 g/mol. The highest BCUT2D eigenvalue weighted by atomic mass is 32.2. The number of benzene rings is 2. The fourth-order valence-electron chi connectivity index (χ4n) is 6.13. The van der Waals surface area contributed by atoms with E-state index in [0.717, 1.165) is 56.3 Å². The molecule has 2 amide bonds. The van der Waals surface area contributed by atoms with E-state index in [1.165, 1.54) is 12.1 Å². The third-order valence-corrected chi connectivity index (χ3v) is 8.91. The van der Waals surface area contributed by atoms with Gasteiger partial charge in [0.15, 0.2) is 0 Å². The second-order valence-corrected chi connectivity index (χ2v) is 12.1. The van der Waals surface area contributed by atoms with E-state index in [0.29, 0.717) is 50.2 Å². The van der Waals surface area contributed by atoms with E-state index in [1.807, 2.05) is 17.0 Å². The average Bonchev–Trinajstić information content (AvgIpc) is 3.61. The van der Waals surface area contributed by atoms with Crippen LogP contribution in [0.3, 0.4) is 0 Å². The minimum Gasteiger partial charge on any atom is -0.755 e. The largest absolute Gasteiger partial charge is 0.755 e. The topological polar surface area (TPSA) is 111 Å². The van der Waals surface area contributed by atoms with Crippen molar-refractivity contribution in [2.75, 3.05) is 50.7 Å². The van der Waals surface area contributed by atoms with Gasteiger partial charge in [0.1, 0.15) is 11.6 Å². The van der Waals surface area contributed by atoms with Crippen LogP contribution in [0.1, 0.15) is 57.9 Å². The molecule has 2 aromatic rings. The number of hydrogen-bond acceptors (Lipinski definition) is 6. The van der Waals surface area contributed by atoms with Gasteiger partial charge in [0.05, 0.1) is 12.2 Å². The Hall–Kier alpha value is -3.02. The zero-order chi connectivity index (χ0) is 27.8. The summed E-state index contributed by atoms with van der Waals surface area (Å²) in [6.07, 6.45) is 4.24. The smallest absolute Gasteiger partial charge is 0.256 e. The van der Waals surface area contributed by atoms with Gasteiger partial charge in [-0.15, -0.1) is 0 Å². The highest BCUT2D eigenvalue weighted by Crippen LogP contribution is 2.42. The lowest BCUT2D eigenvalue weighted by Gasteiger charge is -2.24. The Labute approximate surface area is 235 Å². The van der Waals surface area contributed by atoms with Gasteiger partial charge >= 0.3 is 0 Å². The maximum absolute atomic E-state index is 14.6. The molecule has 3 heterocycles. The molecule has 2 unspecified atom stereocenters. The van der Waals surface area contributed by atoms with Gasteiger partial charge in [-0.05, 0) is 79.5 Å². The van der Waals surface area contributed by atoms with Crippen LogP contribution < -0.4 is 9.46 Å². The molecule has 11 heteroatoms. The molecule has 214 valence electrons. The zero-order valence-electron chi connectivity index (χ0n) is 22.2. The highest BCUT2D eigenvalue weighted by molar-refractivity contribution is 7.80. The van der Waals surface area contributed by atoms with Gasteiger partial charge in [-0.25, -0.2) is 4.39 Å². The van der Waals surface area contributed by atoms with E-state index >= 15 is 0 Å². The molecule has 0 spiro atoms. The van der Waals surface area contributed by atoms with Crippen molar-refractivity contribution in [3.05, 3.63) is 58.9 Å². The van der Waals surface area contributed by atoms with Crippen molar-refractivity contribution in [3.8, 4) is 5.75 Å². The molecule has 0 radical (unpaired) electrons. The summed E-state index contributed by atoms with van der Waals surface area (Å²) >= 11 is -2.58. The summed E-state index contributed by atoms with van der Waals surface area (Å²) in [4.78, 5) is 30.1. The first-order chi connectivity index (χ1) is 19.3. The van der Waals surface area contributed by atoms with Gasteiger partial charge in [-0.3, -0.25) is 13.8 Å². The predicted molar refractivity (Wildman–Crippen MR) is 145 cm³/mol. The van der Waals surface area contributed by atoms with Gasteiger partial charge < -0.3 is 28.5 Å². The Morgan fingerprint density at radius 3 is 2.27 bits per heavy atom. The molecule has 40 heavy (non-hydrogen) atoms. The molecule has 3 aliphatic heterocycles. The number of anilines is 1. The first kappa shape index (κ1) is 27.2. The van der Waals surface area contributed by atoms with Crippen molar-refractivity contribution in [3.63, 3.8) is 0 Å². The second-order valence-electron chi connectivity index (χ2n) is 11.4. The van der Waals surface area contributed by atoms with Crippen LogP contribution in [0, 0.1) is 23.6 Å². The number of nitrogens with zero attached hydrogens (tertiary/aromatic N) is 2. The van der Waals surface area contributed by atoms with Gasteiger partial charge in [-0.1, -0.05) is 0 Å². The summed E-state index contributed by atoms with van der Waals surface area (Å²) in [7, 11) is 0. The van der Waals surface area contributed by atoms with Crippen LogP contribution in [0.15, 0.2) is 36.4 Å². The fraction of sp³-hybridized carbons (Fsp3) is 0.517. The van der Waals surface area contributed by atoms with Crippen molar-refractivity contribution in [2.24, 2.45) is 17.8 Å². The first-order valence-electron chi connectivity index (χ1n) is 13.9. The minimum absolute atomic E-state index is 0.0180. The Morgan fingerprint density at radius 2 is 1.65 bits per heavy atom. The van der Waals surface area contributed by atoms with Crippen molar-refractivity contribution < 1.29 is 32.2 Å². The van der Waals surface area contributed by atoms with E-state index in [9.17, 15) is 22.7 Å². The summed E-state index contributed by atoms with van der Waals surface area (Å²) < 4.78 is 49.9. The number of nitrogens with one attached hydrogen (secondary N) is 1. The van der Waals surface area contributed by atoms with Crippen LogP contribution >= 0.6 is 0 Å². The lowest BCUT2D eigenvalue weighted by atomic mass is 10.0. The van der Waals surface area contributed by atoms with E-state index in [-0.39, 0.29) is 29.0 Å². The van der Waals surface area contributed by atoms with E-state index in [2.05, 4.69) is 10.8 Å². The van der Waals surface area contributed by atoms with Crippen molar-refractivity contribution >= 4 is 28.8 Å². The molecular formula is C29H33FN3O6S-. The normalized spacial score (nSPS) is 23.6. The average molecular weight is 571 g/mol. The van der Waals surface area contributed by atoms with Gasteiger partial charge in [0, 0.05) is 73.7 Å². The number of ether oxygens (including phenoxy) is 2. The molecule has 0 aromatic heterocycles.